The molecule has 0 amide bonds. The summed E-state index contributed by atoms with van der Waals surface area (Å²) in [5.41, 5.74) is 0.514. The van der Waals surface area contributed by atoms with Crippen molar-refractivity contribution in [2.24, 2.45) is 0 Å². The summed E-state index contributed by atoms with van der Waals surface area (Å²) in [6, 6.07) is 15.2. The average Bonchev–Trinajstić information content (AvgIpc) is 2.57. The third kappa shape index (κ3) is 5.69. The van der Waals surface area contributed by atoms with Gasteiger partial charge in [0.05, 0.1) is 5.56 Å². The zero-order chi connectivity index (χ0) is 17.4. The molecule has 0 unspecified atom stereocenters. The smallest absolute Gasteiger partial charge is 0.295 e. The Hall–Kier alpha value is -2.36. The number of carbonyl (C=O) groups is 1. The molecule has 0 saturated carbocycles. The normalized spacial score (nSPS) is 11.8. The molecule has 0 atom stereocenters. The summed E-state index contributed by atoms with van der Waals surface area (Å²) in [5, 5.41) is 0. The fourth-order valence-electron chi connectivity index (χ4n) is 2.44. The molecular weight excluding hydrogens is 313 g/mol. The summed E-state index contributed by atoms with van der Waals surface area (Å²) in [6.07, 6.45) is 0.920. The molecule has 0 fully saturated rings. The Labute approximate surface area is 139 Å². The fraction of sp³-hybridized carbons (Fsp3) is 0.250. The van der Waals surface area contributed by atoms with Crippen molar-refractivity contribution in [3.63, 3.8) is 0 Å². The van der Waals surface area contributed by atoms with E-state index in [0.717, 1.165) is 25.3 Å². The highest BCUT2D eigenvalue weighted by atomic mass is 19.4. The van der Waals surface area contributed by atoms with Gasteiger partial charge in [-0.3, -0.25) is 4.79 Å². The Kier molecular flexibility index (Phi) is 6.36. The van der Waals surface area contributed by atoms with E-state index in [2.05, 4.69) is 0 Å². The van der Waals surface area contributed by atoms with Crippen LogP contribution in [0.1, 0.15) is 36.0 Å². The molecule has 0 radical (unpaired) electrons. The van der Waals surface area contributed by atoms with Crippen LogP contribution in [-0.4, -0.2) is 5.78 Å². The average molecular weight is 332 g/mol. The second kappa shape index (κ2) is 8.48. The van der Waals surface area contributed by atoms with Gasteiger partial charge in [0.1, 0.15) is 0 Å². The number of halogens is 3. The maximum absolute atomic E-state index is 12.9. The molecule has 2 aromatic rings. The van der Waals surface area contributed by atoms with Gasteiger partial charge in [-0.1, -0.05) is 54.6 Å². The third-order valence-corrected chi connectivity index (χ3v) is 3.70. The van der Waals surface area contributed by atoms with Crippen molar-refractivity contribution in [3.05, 3.63) is 77.4 Å². The number of ketones is 1. The summed E-state index contributed by atoms with van der Waals surface area (Å²) in [6.45, 7) is 0. The van der Waals surface area contributed by atoms with Crippen LogP contribution in [0.25, 0.3) is 6.08 Å². The highest BCUT2D eigenvalue weighted by Gasteiger charge is 2.32. The first-order valence-corrected chi connectivity index (χ1v) is 7.88. The van der Waals surface area contributed by atoms with E-state index in [1.165, 1.54) is 35.9 Å². The number of hydrogen-bond acceptors (Lipinski definition) is 1. The molecule has 0 aliphatic carbocycles. The summed E-state index contributed by atoms with van der Waals surface area (Å²) >= 11 is 0. The van der Waals surface area contributed by atoms with Crippen molar-refractivity contribution in [3.8, 4) is 0 Å². The van der Waals surface area contributed by atoms with E-state index < -0.39 is 11.7 Å². The first-order valence-electron chi connectivity index (χ1n) is 7.88. The van der Waals surface area contributed by atoms with Gasteiger partial charge in [0, 0.05) is 6.42 Å². The van der Waals surface area contributed by atoms with Gasteiger partial charge in [-0.05, 0) is 42.5 Å². The quantitative estimate of drug-likeness (QED) is 0.469. The van der Waals surface area contributed by atoms with E-state index in [4.69, 9.17) is 0 Å². The lowest BCUT2D eigenvalue weighted by atomic mass is 10.0. The van der Waals surface area contributed by atoms with Crippen LogP contribution in [0.15, 0.2) is 60.7 Å². The SMILES string of the molecule is O=C(/C=C/c1ccccc1C(F)(F)F)CCCCc1ccccc1. The molecule has 2 aromatic carbocycles. The van der Waals surface area contributed by atoms with Crippen molar-refractivity contribution in [1.29, 1.82) is 0 Å². The van der Waals surface area contributed by atoms with E-state index in [9.17, 15) is 18.0 Å². The maximum atomic E-state index is 12.9. The van der Waals surface area contributed by atoms with E-state index in [0.29, 0.717) is 6.42 Å². The molecule has 0 saturated heterocycles. The van der Waals surface area contributed by atoms with Crippen LogP contribution in [0.3, 0.4) is 0 Å². The molecule has 0 aromatic heterocycles. The van der Waals surface area contributed by atoms with Crippen LogP contribution in [0.2, 0.25) is 0 Å². The van der Waals surface area contributed by atoms with Gasteiger partial charge in [-0.2, -0.15) is 13.2 Å². The van der Waals surface area contributed by atoms with Gasteiger partial charge < -0.3 is 0 Å². The fourth-order valence-corrected chi connectivity index (χ4v) is 2.44. The molecule has 0 aliphatic heterocycles. The summed E-state index contributed by atoms with van der Waals surface area (Å²) in [5.74, 6) is -0.153. The lowest BCUT2D eigenvalue weighted by Crippen LogP contribution is -2.07. The van der Waals surface area contributed by atoms with Gasteiger partial charge in [-0.15, -0.1) is 0 Å². The van der Waals surface area contributed by atoms with E-state index in [1.54, 1.807) is 0 Å². The Bertz CT molecular complexity index is 688. The highest BCUT2D eigenvalue weighted by Crippen LogP contribution is 2.32. The second-order valence-electron chi connectivity index (χ2n) is 5.58. The number of aryl methyl sites for hydroxylation is 1. The molecule has 0 heterocycles. The predicted molar refractivity (Wildman–Crippen MR) is 89.5 cm³/mol. The van der Waals surface area contributed by atoms with E-state index in [-0.39, 0.29) is 11.3 Å². The molecule has 0 bridgehead atoms. The van der Waals surface area contributed by atoms with Gasteiger partial charge in [0.2, 0.25) is 0 Å². The Morgan fingerprint density at radius 1 is 0.917 bits per heavy atom. The number of alkyl halides is 3. The Morgan fingerprint density at radius 3 is 2.29 bits per heavy atom. The van der Waals surface area contributed by atoms with Crippen LogP contribution in [-0.2, 0) is 17.4 Å². The zero-order valence-electron chi connectivity index (χ0n) is 13.2. The van der Waals surface area contributed by atoms with E-state index in [1.807, 2.05) is 30.3 Å². The number of carbonyl (C=O) groups excluding carboxylic acids is 1. The lowest BCUT2D eigenvalue weighted by molar-refractivity contribution is -0.137. The Balaban J connectivity index is 1.83. The number of benzene rings is 2. The van der Waals surface area contributed by atoms with Crippen molar-refractivity contribution in [2.45, 2.75) is 31.9 Å². The molecule has 2 rings (SSSR count). The van der Waals surface area contributed by atoms with Gasteiger partial charge >= 0.3 is 6.18 Å². The maximum Gasteiger partial charge on any atom is 0.416 e. The van der Waals surface area contributed by atoms with Crippen LogP contribution < -0.4 is 0 Å². The molecule has 0 N–H and O–H groups in total. The van der Waals surface area contributed by atoms with Gasteiger partial charge in [0.15, 0.2) is 5.78 Å². The van der Waals surface area contributed by atoms with Crippen molar-refractivity contribution < 1.29 is 18.0 Å². The first-order chi connectivity index (χ1) is 11.5. The molecular formula is C20H19F3O. The number of unbranched alkanes of at least 4 members (excludes halogenated alkanes) is 1. The van der Waals surface area contributed by atoms with Gasteiger partial charge in [0.25, 0.3) is 0 Å². The third-order valence-electron chi connectivity index (χ3n) is 3.70. The predicted octanol–water partition coefficient (Wildman–Crippen LogP) is 5.70. The molecule has 0 spiro atoms. The van der Waals surface area contributed by atoms with Crippen LogP contribution >= 0.6 is 0 Å². The summed E-state index contributed by atoms with van der Waals surface area (Å²) in [4.78, 5) is 11.8. The molecule has 1 nitrogen and oxygen atoms in total. The van der Waals surface area contributed by atoms with Crippen LogP contribution in [0, 0.1) is 0 Å². The number of rotatable bonds is 7. The highest BCUT2D eigenvalue weighted by molar-refractivity contribution is 5.93. The minimum Gasteiger partial charge on any atom is -0.295 e. The molecule has 4 heteroatoms. The topological polar surface area (TPSA) is 17.1 Å². The summed E-state index contributed by atoms with van der Waals surface area (Å²) < 4.78 is 38.6. The first kappa shape index (κ1) is 18.0. The molecule has 24 heavy (non-hydrogen) atoms. The van der Waals surface area contributed by atoms with E-state index >= 15 is 0 Å². The molecule has 0 aliphatic rings. The monoisotopic (exact) mass is 332 g/mol. The number of hydrogen-bond donors (Lipinski definition) is 0. The minimum absolute atomic E-state index is 0.0163. The van der Waals surface area contributed by atoms with Crippen LogP contribution in [0.5, 0.6) is 0 Å². The minimum atomic E-state index is -4.42. The van der Waals surface area contributed by atoms with Crippen molar-refractivity contribution in [1.82, 2.24) is 0 Å². The van der Waals surface area contributed by atoms with Crippen molar-refractivity contribution >= 4 is 11.9 Å². The largest absolute Gasteiger partial charge is 0.416 e. The van der Waals surface area contributed by atoms with Crippen LogP contribution in [0.4, 0.5) is 13.2 Å². The standard InChI is InChI=1S/C20H19F3O/c21-20(22,23)19-13-7-5-11-17(19)14-15-18(24)12-6-4-10-16-8-2-1-3-9-16/h1-3,5,7-9,11,13-15H,4,6,10,12H2/b15-14+. The number of allylic oxidation sites excluding steroid dienone is 1. The Morgan fingerprint density at radius 2 is 1.58 bits per heavy atom. The summed E-state index contributed by atoms with van der Waals surface area (Å²) in [7, 11) is 0. The second-order valence-corrected chi connectivity index (χ2v) is 5.58. The zero-order valence-corrected chi connectivity index (χ0v) is 13.2. The lowest BCUT2D eigenvalue weighted by Gasteiger charge is -2.09. The van der Waals surface area contributed by atoms with Gasteiger partial charge in [-0.25, -0.2) is 0 Å². The molecule has 126 valence electrons. The van der Waals surface area contributed by atoms with Crippen molar-refractivity contribution in [2.75, 3.05) is 0 Å².